The molecule has 1 aromatic heterocycles. The van der Waals surface area contributed by atoms with Crippen LogP contribution in [0.1, 0.15) is 5.56 Å². The zero-order chi connectivity index (χ0) is 10.6. The molecule has 0 aliphatic carbocycles. The van der Waals surface area contributed by atoms with E-state index in [4.69, 9.17) is 23.2 Å². The van der Waals surface area contributed by atoms with Gasteiger partial charge in [0.2, 0.25) is 5.15 Å². The van der Waals surface area contributed by atoms with Crippen molar-refractivity contribution in [2.45, 2.75) is 0 Å². The second-order valence-electron chi connectivity index (χ2n) is 2.23. The lowest BCUT2D eigenvalue weighted by Crippen LogP contribution is -1.92. The molecule has 0 saturated heterocycles. The molecule has 0 aliphatic heterocycles. The standard InChI is InChI=1S/C8H4Cl2N2O2/c9-3-1-2-6-4-7(12(13)14)8(10)11-5-6/h4-5H,3H2. The number of nitro groups is 1. The average molecular weight is 231 g/mol. The number of hydrogen-bond donors (Lipinski definition) is 0. The Morgan fingerprint density at radius 2 is 2.36 bits per heavy atom. The molecule has 0 radical (unpaired) electrons. The number of halogens is 2. The summed E-state index contributed by atoms with van der Waals surface area (Å²) in [6, 6.07) is 1.26. The van der Waals surface area contributed by atoms with Gasteiger partial charge in [-0.15, -0.1) is 11.6 Å². The lowest BCUT2D eigenvalue weighted by Gasteiger charge is -1.94. The number of aromatic nitrogens is 1. The summed E-state index contributed by atoms with van der Waals surface area (Å²) in [5.74, 6) is 5.33. The van der Waals surface area contributed by atoms with E-state index in [-0.39, 0.29) is 16.7 Å². The highest BCUT2D eigenvalue weighted by Crippen LogP contribution is 2.21. The third kappa shape index (κ3) is 2.59. The van der Waals surface area contributed by atoms with Crippen molar-refractivity contribution >= 4 is 28.9 Å². The fourth-order valence-electron chi connectivity index (χ4n) is 0.768. The highest BCUT2D eigenvalue weighted by molar-refractivity contribution is 6.31. The molecule has 0 saturated carbocycles. The van der Waals surface area contributed by atoms with Gasteiger partial charge in [0.1, 0.15) is 0 Å². The third-order valence-corrected chi connectivity index (χ3v) is 1.74. The highest BCUT2D eigenvalue weighted by Gasteiger charge is 2.13. The van der Waals surface area contributed by atoms with Crippen LogP contribution >= 0.6 is 23.2 Å². The molecule has 4 nitrogen and oxygen atoms in total. The van der Waals surface area contributed by atoms with Crippen LogP contribution in [-0.2, 0) is 0 Å². The molecule has 0 amide bonds. The second kappa shape index (κ2) is 4.80. The van der Waals surface area contributed by atoms with Crippen molar-refractivity contribution in [3.05, 3.63) is 33.1 Å². The summed E-state index contributed by atoms with van der Waals surface area (Å²) in [5, 5.41) is 10.3. The van der Waals surface area contributed by atoms with Gasteiger partial charge in [0.25, 0.3) is 0 Å². The second-order valence-corrected chi connectivity index (χ2v) is 2.85. The first kappa shape index (κ1) is 10.8. The third-order valence-electron chi connectivity index (χ3n) is 1.32. The zero-order valence-electron chi connectivity index (χ0n) is 6.83. The molecular formula is C8H4Cl2N2O2. The summed E-state index contributed by atoms with van der Waals surface area (Å²) in [5.41, 5.74) is 0.162. The number of nitrogens with zero attached hydrogens (tertiary/aromatic N) is 2. The van der Waals surface area contributed by atoms with E-state index in [1.807, 2.05) is 0 Å². The molecule has 0 fully saturated rings. The van der Waals surface area contributed by atoms with Crippen LogP contribution in [0.5, 0.6) is 0 Å². The smallest absolute Gasteiger partial charge is 0.258 e. The number of alkyl halides is 1. The maximum atomic E-state index is 10.5. The fourth-order valence-corrected chi connectivity index (χ4v) is 1.01. The average Bonchev–Trinajstić information content (AvgIpc) is 2.16. The van der Waals surface area contributed by atoms with Crippen LogP contribution in [0.3, 0.4) is 0 Å². The monoisotopic (exact) mass is 230 g/mol. The van der Waals surface area contributed by atoms with Crippen LogP contribution in [0.4, 0.5) is 5.69 Å². The van der Waals surface area contributed by atoms with Crippen LogP contribution in [0.2, 0.25) is 5.15 Å². The van der Waals surface area contributed by atoms with Crippen molar-refractivity contribution in [3.8, 4) is 11.8 Å². The predicted molar refractivity (Wildman–Crippen MR) is 53.5 cm³/mol. The van der Waals surface area contributed by atoms with Crippen LogP contribution < -0.4 is 0 Å². The van der Waals surface area contributed by atoms with Crippen molar-refractivity contribution in [1.29, 1.82) is 0 Å². The van der Waals surface area contributed by atoms with E-state index in [0.29, 0.717) is 5.56 Å². The van der Waals surface area contributed by atoms with Crippen LogP contribution in [-0.4, -0.2) is 15.8 Å². The molecule has 0 bridgehead atoms. The number of hydrogen-bond acceptors (Lipinski definition) is 3. The molecule has 1 heterocycles. The summed E-state index contributed by atoms with van der Waals surface area (Å²) < 4.78 is 0. The Kier molecular flexibility index (Phi) is 3.69. The van der Waals surface area contributed by atoms with E-state index in [1.165, 1.54) is 12.3 Å². The Bertz CT molecular complexity index is 423. The SMILES string of the molecule is O=[N+]([O-])c1cc(C#CCCl)cnc1Cl. The van der Waals surface area contributed by atoms with Gasteiger partial charge in [-0.1, -0.05) is 23.4 Å². The maximum absolute atomic E-state index is 10.5. The number of pyridine rings is 1. The van der Waals surface area contributed by atoms with Gasteiger partial charge in [-0.3, -0.25) is 10.1 Å². The lowest BCUT2D eigenvalue weighted by atomic mass is 10.3. The molecule has 0 unspecified atom stereocenters. The summed E-state index contributed by atoms with van der Waals surface area (Å²) >= 11 is 10.8. The minimum absolute atomic E-state index is 0.147. The summed E-state index contributed by atoms with van der Waals surface area (Å²) in [6.45, 7) is 0. The molecule has 0 aliphatic rings. The first-order valence-electron chi connectivity index (χ1n) is 3.50. The van der Waals surface area contributed by atoms with Gasteiger partial charge in [0, 0.05) is 17.8 Å². The van der Waals surface area contributed by atoms with Crippen molar-refractivity contribution in [3.63, 3.8) is 0 Å². The first-order valence-corrected chi connectivity index (χ1v) is 4.41. The maximum Gasteiger partial charge on any atom is 0.307 e. The minimum Gasteiger partial charge on any atom is -0.258 e. The molecule has 1 rings (SSSR count). The largest absolute Gasteiger partial charge is 0.307 e. The van der Waals surface area contributed by atoms with Gasteiger partial charge in [0.05, 0.1) is 10.8 Å². The van der Waals surface area contributed by atoms with Crippen molar-refractivity contribution in [1.82, 2.24) is 4.98 Å². The van der Waals surface area contributed by atoms with E-state index in [9.17, 15) is 10.1 Å². The van der Waals surface area contributed by atoms with E-state index < -0.39 is 4.92 Å². The van der Waals surface area contributed by atoms with Gasteiger partial charge in [-0.2, -0.15) is 0 Å². The topological polar surface area (TPSA) is 56.0 Å². The van der Waals surface area contributed by atoms with E-state index in [0.717, 1.165) is 0 Å². The number of rotatable bonds is 1. The molecule has 1 aromatic rings. The van der Waals surface area contributed by atoms with Crippen molar-refractivity contribution in [2.24, 2.45) is 0 Å². The van der Waals surface area contributed by atoms with Crippen LogP contribution in [0.25, 0.3) is 0 Å². The summed E-state index contributed by atoms with van der Waals surface area (Å²) in [4.78, 5) is 13.5. The molecule has 6 heteroatoms. The van der Waals surface area contributed by atoms with Gasteiger partial charge in [-0.25, -0.2) is 4.98 Å². The molecule has 0 atom stereocenters. The quantitative estimate of drug-likeness (QED) is 0.245. The Balaban J connectivity index is 3.13. The van der Waals surface area contributed by atoms with Gasteiger partial charge in [-0.05, 0) is 0 Å². The van der Waals surface area contributed by atoms with E-state index >= 15 is 0 Å². The highest BCUT2D eigenvalue weighted by atomic mass is 35.5. The normalized spacial score (nSPS) is 9.00. The summed E-state index contributed by atoms with van der Waals surface area (Å²) in [6.07, 6.45) is 1.36. The Morgan fingerprint density at radius 3 is 2.93 bits per heavy atom. The Hall–Kier alpha value is -1.31. The van der Waals surface area contributed by atoms with Gasteiger partial charge < -0.3 is 0 Å². The lowest BCUT2D eigenvalue weighted by molar-refractivity contribution is -0.385. The first-order chi connectivity index (χ1) is 6.65. The Morgan fingerprint density at radius 1 is 1.64 bits per heavy atom. The van der Waals surface area contributed by atoms with E-state index in [1.54, 1.807) is 0 Å². The summed E-state index contributed by atoms with van der Waals surface area (Å²) in [7, 11) is 0. The van der Waals surface area contributed by atoms with Crippen LogP contribution in [0, 0.1) is 22.0 Å². The zero-order valence-corrected chi connectivity index (χ0v) is 8.34. The van der Waals surface area contributed by atoms with Crippen molar-refractivity contribution in [2.75, 3.05) is 5.88 Å². The molecule has 0 spiro atoms. The Labute approximate surface area is 90.0 Å². The van der Waals surface area contributed by atoms with Gasteiger partial charge in [0.15, 0.2) is 0 Å². The fraction of sp³-hybridized carbons (Fsp3) is 0.125. The minimum atomic E-state index is -0.610. The van der Waals surface area contributed by atoms with Crippen LogP contribution in [0.15, 0.2) is 12.3 Å². The predicted octanol–water partition coefficient (Wildman–Crippen LogP) is 2.23. The van der Waals surface area contributed by atoms with Gasteiger partial charge >= 0.3 is 5.69 Å². The van der Waals surface area contributed by atoms with E-state index in [2.05, 4.69) is 16.8 Å². The molecule has 0 N–H and O–H groups in total. The molecular weight excluding hydrogens is 227 g/mol. The molecule has 0 aromatic carbocycles. The molecule has 72 valence electrons. The molecule has 14 heavy (non-hydrogen) atoms. The van der Waals surface area contributed by atoms with Crippen molar-refractivity contribution < 1.29 is 4.92 Å².